The monoisotopic (exact) mass is 303 g/mol. The van der Waals surface area contributed by atoms with Crippen molar-refractivity contribution >= 4 is 11.9 Å². The Kier molecular flexibility index (Phi) is 5.58. The van der Waals surface area contributed by atoms with Gasteiger partial charge in [-0.2, -0.15) is 0 Å². The van der Waals surface area contributed by atoms with E-state index >= 15 is 0 Å². The molecule has 4 heteroatoms. The van der Waals surface area contributed by atoms with Crippen LogP contribution < -0.4 is 0 Å². The number of hydrogen-bond donors (Lipinski definition) is 1. The van der Waals surface area contributed by atoms with E-state index in [1.54, 1.807) is 4.90 Å². The van der Waals surface area contributed by atoms with Crippen LogP contribution in [0.5, 0.6) is 0 Å². The van der Waals surface area contributed by atoms with Crippen LogP contribution in [-0.4, -0.2) is 28.4 Å². The molecule has 2 unspecified atom stereocenters. The van der Waals surface area contributed by atoms with Crippen molar-refractivity contribution in [3.8, 4) is 0 Å². The Morgan fingerprint density at radius 3 is 2.68 bits per heavy atom. The number of aliphatic carboxylic acids is 1. The van der Waals surface area contributed by atoms with Crippen LogP contribution in [0.2, 0.25) is 0 Å². The lowest BCUT2D eigenvalue weighted by atomic mass is 9.88. The van der Waals surface area contributed by atoms with E-state index in [4.69, 9.17) is 0 Å². The van der Waals surface area contributed by atoms with Crippen LogP contribution >= 0.6 is 0 Å². The van der Waals surface area contributed by atoms with Gasteiger partial charge in [-0.1, -0.05) is 51.0 Å². The van der Waals surface area contributed by atoms with Crippen molar-refractivity contribution in [2.75, 3.05) is 6.54 Å². The predicted octanol–water partition coefficient (Wildman–Crippen LogP) is 3.41. The van der Waals surface area contributed by atoms with E-state index in [1.165, 1.54) is 0 Å². The van der Waals surface area contributed by atoms with Gasteiger partial charge in [0.25, 0.3) is 0 Å². The summed E-state index contributed by atoms with van der Waals surface area (Å²) in [5.41, 5.74) is 1.81. The normalized spacial score (nSPS) is 18.6. The first-order valence-electron chi connectivity index (χ1n) is 8.17. The predicted molar refractivity (Wildman–Crippen MR) is 85.5 cm³/mol. The highest BCUT2D eigenvalue weighted by atomic mass is 16.4. The first-order valence-corrected chi connectivity index (χ1v) is 8.17. The summed E-state index contributed by atoms with van der Waals surface area (Å²) in [4.78, 5) is 26.0. The highest BCUT2D eigenvalue weighted by molar-refractivity contribution is 5.82. The van der Waals surface area contributed by atoms with E-state index in [-0.39, 0.29) is 18.4 Å². The molecule has 1 aliphatic rings. The van der Waals surface area contributed by atoms with Crippen LogP contribution in [-0.2, 0) is 16.1 Å². The molecule has 0 saturated carbocycles. The number of unbranched alkanes of at least 4 members (excludes halogenated alkanes) is 1. The van der Waals surface area contributed by atoms with Crippen molar-refractivity contribution in [2.24, 2.45) is 5.92 Å². The van der Waals surface area contributed by atoms with Crippen LogP contribution in [0.25, 0.3) is 0 Å². The highest BCUT2D eigenvalue weighted by Crippen LogP contribution is 2.30. The minimum Gasteiger partial charge on any atom is -0.481 e. The molecule has 0 bridgehead atoms. The Bertz CT molecular complexity index is 541. The summed E-state index contributed by atoms with van der Waals surface area (Å²) in [5.74, 6) is -1.35. The number of hydrogen-bond acceptors (Lipinski definition) is 2. The second-order valence-electron chi connectivity index (χ2n) is 6.06. The third-order valence-corrected chi connectivity index (χ3v) is 4.55. The molecular formula is C18H25NO3. The van der Waals surface area contributed by atoms with Gasteiger partial charge >= 0.3 is 5.97 Å². The van der Waals surface area contributed by atoms with E-state index in [9.17, 15) is 14.7 Å². The van der Waals surface area contributed by atoms with Gasteiger partial charge in [0.2, 0.25) is 5.91 Å². The Balaban J connectivity index is 2.20. The van der Waals surface area contributed by atoms with Crippen LogP contribution in [0.4, 0.5) is 0 Å². The average Bonchev–Trinajstić information content (AvgIpc) is 2.54. The zero-order valence-electron chi connectivity index (χ0n) is 13.4. The molecule has 1 aromatic carbocycles. The topological polar surface area (TPSA) is 57.6 Å². The lowest BCUT2D eigenvalue weighted by molar-refractivity contribution is -0.142. The molecule has 22 heavy (non-hydrogen) atoms. The van der Waals surface area contributed by atoms with Gasteiger partial charge in [-0.15, -0.1) is 0 Å². The van der Waals surface area contributed by atoms with Gasteiger partial charge in [0.05, 0.1) is 5.92 Å². The van der Waals surface area contributed by atoms with E-state index in [0.29, 0.717) is 6.54 Å². The number of nitrogens with zero attached hydrogens (tertiary/aromatic N) is 1. The molecule has 0 aromatic heterocycles. The standard InChI is InChI=1S/C18H25NO3/c1-3-5-8-13(4-2)17(20)19-11-14-9-6-7-10-15(14)16(12-19)18(21)22/h6-7,9-10,13,16H,3-5,8,11-12H2,1-2H3,(H,21,22). The fourth-order valence-electron chi connectivity index (χ4n) is 3.20. The Labute approximate surface area is 132 Å². The van der Waals surface area contributed by atoms with Crippen molar-refractivity contribution in [1.29, 1.82) is 0 Å². The number of amides is 1. The Morgan fingerprint density at radius 2 is 2.05 bits per heavy atom. The van der Waals surface area contributed by atoms with Gasteiger partial charge in [0, 0.05) is 19.0 Å². The highest BCUT2D eigenvalue weighted by Gasteiger charge is 2.34. The third kappa shape index (κ3) is 3.49. The quantitative estimate of drug-likeness (QED) is 0.876. The molecule has 2 rings (SSSR count). The number of carboxylic acids is 1. The molecule has 0 spiro atoms. The summed E-state index contributed by atoms with van der Waals surface area (Å²) >= 11 is 0. The molecule has 2 atom stereocenters. The fourth-order valence-corrected chi connectivity index (χ4v) is 3.20. The molecule has 0 fully saturated rings. The third-order valence-electron chi connectivity index (χ3n) is 4.55. The molecule has 1 heterocycles. The van der Waals surface area contributed by atoms with Crippen molar-refractivity contribution in [2.45, 2.75) is 52.0 Å². The van der Waals surface area contributed by atoms with E-state index < -0.39 is 11.9 Å². The number of carbonyl (C=O) groups excluding carboxylic acids is 1. The van der Waals surface area contributed by atoms with Gasteiger partial charge in [-0.25, -0.2) is 0 Å². The van der Waals surface area contributed by atoms with Crippen LogP contribution in [0.3, 0.4) is 0 Å². The van der Waals surface area contributed by atoms with Gasteiger partial charge in [-0.05, 0) is 24.0 Å². The van der Waals surface area contributed by atoms with Crippen molar-refractivity contribution in [3.63, 3.8) is 0 Å². The molecule has 0 aliphatic carbocycles. The molecule has 120 valence electrons. The minimum absolute atomic E-state index is 0.0136. The summed E-state index contributed by atoms with van der Waals surface area (Å²) in [7, 11) is 0. The lowest BCUT2D eigenvalue weighted by Gasteiger charge is -2.35. The van der Waals surface area contributed by atoms with Crippen LogP contribution in [0.15, 0.2) is 24.3 Å². The summed E-state index contributed by atoms with van der Waals surface area (Å²) in [6.45, 7) is 4.97. The van der Waals surface area contributed by atoms with Crippen LogP contribution in [0.1, 0.15) is 56.6 Å². The van der Waals surface area contributed by atoms with Gasteiger partial charge in [0.15, 0.2) is 0 Å². The summed E-state index contributed by atoms with van der Waals surface area (Å²) in [6, 6.07) is 7.56. The SMILES string of the molecule is CCCCC(CC)C(=O)N1Cc2ccccc2C(C(=O)O)C1. The summed E-state index contributed by atoms with van der Waals surface area (Å²) in [5, 5.41) is 9.48. The van der Waals surface area contributed by atoms with Gasteiger partial charge in [-0.3, -0.25) is 9.59 Å². The maximum Gasteiger partial charge on any atom is 0.312 e. The van der Waals surface area contributed by atoms with Crippen LogP contribution in [0, 0.1) is 5.92 Å². The smallest absolute Gasteiger partial charge is 0.312 e. The maximum atomic E-state index is 12.7. The second kappa shape index (κ2) is 7.43. The average molecular weight is 303 g/mol. The summed E-state index contributed by atoms with van der Waals surface area (Å²) < 4.78 is 0. The fraction of sp³-hybridized carbons (Fsp3) is 0.556. The van der Waals surface area contributed by atoms with E-state index in [1.807, 2.05) is 31.2 Å². The maximum absolute atomic E-state index is 12.7. The molecular weight excluding hydrogens is 278 g/mol. The first kappa shape index (κ1) is 16.5. The molecule has 4 nitrogen and oxygen atoms in total. The molecule has 0 saturated heterocycles. The number of fused-ring (bicyclic) bond motifs is 1. The lowest BCUT2D eigenvalue weighted by Crippen LogP contribution is -2.43. The zero-order chi connectivity index (χ0) is 16.1. The van der Waals surface area contributed by atoms with Gasteiger partial charge < -0.3 is 10.0 Å². The Morgan fingerprint density at radius 1 is 1.32 bits per heavy atom. The Hall–Kier alpha value is -1.84. The van der Waals surface area contributed by atoms with Crippen molar-refractivity contribution in [1.82, 2.24) is 4.90 Å². The molecule has 1 N–H and O–H groups in total. The molecule has 1 aromatic rings. The molecule has 1 aliphatic heterocycles. The van der Waals surface area contributed by atoms with Gasteiger partial charge in [0.1, 0.15) is 0 Å². The second-order valence-corrected chi connectivity index (χ2v) is 6.06. The molecule has 0 radical (unpaired) electrons. The van der Waals surface area contributed by atoms with Crippen molar-refractivity contribution in [3.05, 3.63) is 35.4 Å². The number of carboxylic acid groups (broad SMARTS) is 1. The zero-order valence-corrected chi connectivity index (χ0v) is 13.4. The first-order chi connectivity index (χ1) is 10.6. The number of rotatable bonds is 6. The number of carbonyl (C=O) groups is 2. The minimum atomic E-state index is -0.855. The van der Waals surface area contributed by atoms with Crippen molar-refractivity contribution < 1.29 is 14.7 Å². The number of benzene rings is 1. The summed E-state index contributed by atoms with van der Waals surface area (Å²) in [6.07, 6.45) is 3.82. The van der Waals surface area contributed by atoms with E-state index in [0.717, 1.165) is 36.8 Å². The largest absolute Gasteiger partial charge is 0.481 e. The van der Waals surface area contributed by atoms with E-state index in [2.05, 4.69) is 6.92 Å². The molecule has 1 amide bonds.